The van der Waals surface area contributed by atoms with Crippen molar-refractivity contribution in [1.82, 2.24) is 10.2 Å². The Kier molecular flexibility index (Phi) is 7.13. The Morgan fingerprint density at radius 3 is 2.70 bits per heavy atom. The van der Waals surface area contributed by atoms with Crippen LogP contribution in [-0.4, -0.2) is 42.6 Å². The van der Waals surface area contributed by atoms with Crippen LogP contribution in [0, 0.1) is 0 Å². The summed E-state index contributed by atoms with van der Waals surface area (Å²) >= 11 is 6.42. The zero-order valence-electron chi connectivity index (χ0n) is 17.2. The molecule has 0 unspecified atom stereocenters. The smallest absolute Gasteiger partial charge is 0.251 e. The van der Waals surface area contributed by atoms with Crippen molar-refractivity contribution >= 4 is 23.6 Å². The molecule has 0 bridgehead atoms. The van der Waals surface area contributed by atoms with Crippen molar-refractivity contribution in [3.63, 3.8) is 0 Å². The fraction of sp³-hybridized carbons (Fsp3) is 0.458. The highest BCUT2D eigenvalue weighted by atomic mass is 35.5. The molecule has 30 heavy (non-hydrogen) atoms. The van der Waals surface area contributed by atoms with Gasteiger partial charge in [0.15, 0.2) is 0 Å². The Morgan fingerprint density at radius 2 is 2.00 bits per heavy atom. The Hall–Kier alpha value is -2.24. The number of nitrogens with zero attached hydrogens (tertiary/aromatic N) is 1. The lowest BCUT2D eigenvalue weighted by Gasteiger charge is -2.31. The zero-order valence-corrected chi connectivity index (χ0v) is 17.9. The number of hydrogen-bond acceptors (Lipinski definition) is 4. The molecule has 0 radical (unpaired) electrons. The van der Waals surface area contributed by atoms with Crippen molar-refractivity contribution in [3.8, 4) is 5.75 Å². The molecule has 2 aromatic rings. The third-order valence-corrected chi connectivity index (χ3v) is 6.20. The summed E-state index contributed by atoms with van der Waals surface area (Å²) in [6.45, 7) is 2.86. The first-order chi connectivity index (χ1) is 14.7. The fourth-order valence-electron chi connectivity index (χ4n) is 4.17. The molecule has 5 nitrogen and oxygen atoms in total. The molecule has 1 aliphatic carbocycles. The Labute approximate surface area is 183 Å². The number of carbonyl (C=O) groups is 1. The van der Waals surface area contributed by atoms with Gasteiger partial charge in [-0.1, -0.05) is 30.5 Å². The molecule has 1 saturated carbocycles. The van der Waals surface area contributed by atoms with Gasteiger partial charge in [0.2, 0.25) is 0 Å². The summed E-state index contributed by atoms with van der Waals surface area (Å²) in [5.74, 6) is 1.49. The van der Waals surface area contributed by atoms with Crippen LogP contribution < -0.4 is 10.1 Å². The molecule has 4 rings (SSSR count). The van der Waals surface area contributed by atoms with Gasteiger partial charge in [-0.05, 0) is 62.1 Å². The van der Waals surface area contributed by atoms with Crippen LogP contribution in [0.25, 0.3) is 6.08 Å². The molecule has 0 atom stereocenters. The number of benzene rings is 1. The quantitative estimate of drug-likeness (QED) is 0.661. The van der Waals surface area contributed by atoms with Crippen molar-refractivity contribution in [2.45, 2.75) is 50.7 Å². The second-order valence-corrected chi connectivity index (χ2v) is 8.54. The standard InChI is InChI=1S/C24H29ClN2O3/c25-22-17-18(24(28)26-19-5-1-2-6-19)9-10-23(22)30-21-11-14-27(15-12-21)13-3-7-20-8-4-16-29-20/h3-4,7-10,16-17,19,21H,1-2,5-6,11-15H2,(H,26,28)/b7-3+. The van der Waals surface area contributed by atoms with Gasteiger partial charge in [-0.15, -0.1) is 0 Å². The zero-order chi connectivity index (χ0) is 20.8. The third kappa shape index (κ3) is 5.67. The van der Waals surface area contributed by atoms with Crippen LogP contribution in [0.5, 0.6) is 5.75 Å². The van der Waals surface area contributed by atoms with Crippen LogP contribution in [0.3, 0.4) is 0 Å². The molecule has 1 aliphatic heterocycles. The molecule has 1 amide bonds. The molecule has 1 saturated heterocycles. The molecule has 1 N–H and O–H groups in total. The van der Waals surface area contributed by atoms with Crippen LogP contribution >= 0.6 is 11.6 Å². The van der Waals surface area contributed by atoms with Gasteiger partial charge in [0.1, 0.15) is 17.6 Å². The van der Waals surface area contributed by atoms with Crippen LogP contribution in [0.1, 0.15) is 54.6 Å². The Balaban J connectivity index is 1.24. The fourth-order valence-corrected chi connectivity index (χ4v) is 4.39. The average Bonchev–Trinajstić information content (AvgIpc) is 3.45. The molecule has 2 aliphatic rings. The van der Waals surface area contributed by atoms with E-state index in [-0.39, 0.29) is 12.0 Å². The summed E-state index contributed by atoms with van der Waals surface area (Å²) in [6, 6.07) is 9.48. The van der Waals surface area contributed by atoms with Gasteiger partial charge in [0.05, 0.1) is 11.3 Å². The van der Waals surface area contributed by atoms with Gasteiger partial charge in [-0.2, -0.15) is 0 Å². The van der Waals surface area contributed by atoms with E-state index in [4.69, 9.17) is 20.8 Å². The van der Waals surface area contributed by atoms with E-state index in [9.17, 15) is 4.79 Å². The van der Waals surface area contributed by atoms with E-state index in [1.165, 1.54) is 12.8 Å². The minimum atomic E-state index is -0.0498. The number of nitrogens with one attached hydrogen (secondary N) is 1. The van der Waals surface area contributed by atoms with Gasteiger partial charge in [-0.3, -0.25) is 9.69 Å². The number of ether oxygens (including phenoxy) is 1. The summed E-state index contributed by atoms with van der Waals surface area (Å²) in [5, 5.41) is 3.60. The highest BCUT2D eigenvalue weighted by molar-refractivity contribution is 6.32. The van der Waals surface area contributed by atoms with Gasteiger partial charge in [0.25, 0.3) is 5.91 Å². The number of hydrogen-bond donors (Lipinski definition) is 1. The molecular formula is C24H29ClN2O3. The number of piperidine rings is 1. The predicted octanol–water partition coefficient (Wildman–Crippen LogP) is 5.16. The molecule has 160 valence electrons. The first-order valence-corrected chi connectivity index (χ1v) is 11.2. The summed E-state index contributed by atoms with van der Waals surface area (Å²) in [4.78, 5) is 14.8. The second kappa shape index (κ2) is 10.2. The number of amides is 1. The topological polar surface area (TPSA) is 54.7 Å². The summed E-state index contributed by atoms with van der Waals surface area (Å²) in [5.41, 5.74) is 0.595. The Bertz CT molecular complexity index is 851. The van der Waals surface area contributed by atoms with Crippen molar-refractivity contribution in [3.05, 3.63) is 59.0 Å². The maximum absolute atomic E-state index is 12.4. The molecular weight excluding hydrogens is 400 g/mol. The summed E-state index contributed by atoms with van der Waals surface area (Å²) in [7, 11) is 0. The molecule has 2 heterocycles. The minimum Gasteiger partial charge on any atom is -0.489 e. The van der Waals surface area contributed by atoms with Crippen LogP contribution in [0.4, 0.5) is 0 Å². The van der Waals surface area contributed by atoms with Gasteiger partial charge < -0.3 is 14.5 Å². The van der Waals surface area contributed by atoms with Crippen molar-refractivity contribution in [1.29, 1.82) is 0 Å². The number of furan rings is 1. The molecule has 1 aromatic carbocycles. The van der Waals surface area contributed by atoms with Crippen molar-refractivity contribution in [2.75, 3.05) is 19.6 Å². The summed E-state index contributed by atoms with van der Waals surface area (Å²) < 4.78 is 11.5. The van der Waals surface area contributed by atoms with E-state index in [1.54, 1.807) is 18.4 Å². The van der Waals surface area contributed by atoms with Gasteiger partial charge in [0, 0.05) is 31.2 Å². The number of carbonyl (C=O) groups excluding carboxylic acids is 1. The molecule has 0 spiro atoms. The van der Waals surface area contributed by atoms with Gasteiger partial charge >= 0.3 is 0 Å². The predicted molar refractivity (Wildman–Crippen MR) is 119 cm³/mol. The minimum absolute atomic E-state index is 0.0498. The lowest BCUT2D eigenvalue weighted by molar-refractivity contribution is 0.0937. The number of rotatable bonds is 7. The van der Waals surface area contributed by atoms with Crippen molar-refractivity contribution < 1.29 is 13.9 Å². The van der Waals surface area contributed by atoms with E-state index in [1.807, 2.05) is 24.3 Å². The lowest BCUT2D eigenvalue weighted by Crippen LogP contribution is -2.38. The highest BCUT2D eigenvalue weighted by Gasteiger charge is 2.22. The van der Waals surface area contributed by atoms with Crippen LogP contribution in [-0.2, 0) is 0 Å². The SMILES string of the molecule is O=C(NC1CCCC1)c1ccc(OC2CCN(C/C=C/c3ccco3)CC2)c(Cl)c1. The first-order valence-electron chi connectivity index (χ1n) is 10.9. The van der Waals surface area contributed by atoms with E-state index in [0.717, 1.165) is 51.1 Å². The van der Waals surface area contributed by atoms with Gasteiger partial charge in [-0.25, -0.2) is 0 Å². The van der Waals surface area contributed by atoms with Crippen molar-refractivity contribution in [2.24, 2.45) is 0 Å². The maximum atomic E-state index is 12.4. The number of halogens is 1. The largest absolute Gasteiger partial charge is 0.489 e. The maximum Gasteiger partial charge on any atom is 0.251 e. The third-order valence-electron chi connectivity index (χ3n) is 5.90. The monoisotopic (exact) mass is 428 g/mol. The normalized spacial score (nSPS) is 18.8. The van der Waals surface area contributed by atoms with Crippen LogP contribution in [0.15, 0.2) is 47.1 Å². The summed E-state index contributed by atoms with van der Waals surface area (Å²) in [6.07, 6.45) is 12.4. The first kappa shape index (κ1) is 21.0. The van der Waals surface area contributed by atoms with Crippen LogP contribution in [0.2, 0.25) is 5.02 Å². The molecule has 6 heteroatoms. The highest BCUT2D eigenvalue weighted by Crippen LogP contribution is 2.29. The van der Waals surface area contributed by atoms with E-state index in [2.05, 4.69) is 16.3 Å². The molecule has 1 aromatic heterocycles. The van der Waals surface area contributed by atoms with E-state index in [0.29, 0.717) is 22.4 Å². The second-order valence-electron chi connectivity index (χ2n) is 8.14. The Morgan fingerprint density at radius 1 is 1.20 bits per heavy atom. The number of likely N-dealkylation sites (tertiary alicyclic amines) is 1. The average molecular weight is 429 g/mol. The van der Waals surface area contributed by atoms with E-state index >= 15 is 0 Å². The lowest BCUT2D eigenvalue weighted by atomic mass is 10.1. The molecule has 2 fully saturated rings. The van der Waals surface area contributed by atoms with E-state index < -0.39 is 0 Å².